The van der Waals surface area contributed by atoms with Crippen LogP contribution >= 0.6 is 0 Å². The molecule has 35 heavy (non-hydrogen) atoms. The zero-order chi connectivity index (χ0) is 25.8. The molecule has 1 saturated heterocycles. The average Bonchev–Trinajstić information content (AvgIpc) is 3.29. The van der Waals surface area contributed by atoms with Gasteiger partial charge in [0.2, 0.25) is 16.0 Å². The highest BCUT2D eigenvalue weighted by Crippen LogP contribution is 2.31. The third kappa shape index (κ3) is 7.28. The number of hydrogen-bond acceptors (Lipinski definition) is 8. The molecule has 2 aromatic rings. The summed E-state index contributed by atoms with van der Waals surface area (Å²) in [7, 11) is -2.26. The Morgan fingerprint density at radius 2 is 1.80 bits per heavy atom. The molecule has 0 spiro atoms. The summed E-state index contributed by atoms with van der Waals surface area (Å²) in [5.41, 5.74) is 2.07. The monoisotopic (exact) mass is 509 g/mol. The second-order valence-electron chi connectivity index (χ2n) is 8.79. The predicted octanol–water partition coefficient (Wildman–Crippen LogP) is 2.69. The zero-order valence-corrected chi connectivity index (χ0v) is 21.1. The molecule has 0 aliphatic carbocycles. The number of benzene rings is 1. The Balaban J connectivity index is 1.98. The number of aromatic nitrogens is 2. The number of nitrogens with zero attached hydrogens (tertiary/aromatic N) is 3. The predicted molar refractivity (Wildman–Crippen MR) is 131 cm³/mol. The van der Waals surface area contributed by atoms with Crippen LogP contribution in [0.1, 0.15) is 43.9 Å². The van der Waals surface area contributed by atoms with Crippen LogP contribution in [0.5, 0.6) is 0 Å². The maximum absolute atomic E-state index is 13.6. The Morgan fingerprint density at radius 3 is 2.37 bits per heavy atom. The van der Waals surface area contributed by atoms with E-state index < -0.39 is 34.3 Å². The van der Waals surface area contributed by atoms with E-state index in [0.29, 0.717) is 35.7 Å². The minimum absolute atomic E-state index is 0.0137. The summed E-state index contributed by atoms with van der Waals surface area (Å²) in [4.78, 5) is 8.98. The van der Waals surface area contributed by atoms with Crippen LogP contribution < -0.4 is 4.31 Å². The van der Waals surface area contributed by atoms with E-state index in [9.17, 15) is 23.0 Å². The van der Waals surface area contributed by atoms with Gasteiger partial charge in [0.05, 0.1) is 43.1 Å². The molecule has 0 amide bonds. The standard InChI is InChI=1S/C24H32FN3O6S/c1-15(2)22-20(10-9-18(29)13-19(30)14-21-33-11-12-34-21)23(16-5-7-17(25)8-6-16)27-24(26-22)28(3)35(4,31)32/h5-10,15,18-19,21,29-30H,11-14H2,1-4H3/b10-9+. The number of sulfonamides is 1. The minimum atomic E-state index is -3.62. The van der Waals surface area contributed by atoms with Crippen molar-refractivity contribution in [2.45, 2.75) is 51.1 Å². The van der Waals surface area contributed by atoms with E-state index in [1.165, 1.54) is 25.3 Å². The van der Waals surface area contributed by atoms with E-state index in [1.54, 1.807) is 18.2 Å². The number of aliphatic hydroxyl groups is 2. The van der Waals surface area contributed by atoms with Gasteiger partial charge in [-0.25, -0.2) is 27.1 Å². The fourth-order valence-corrected chi connectivity index (χ4v) is 4.00. The van der Waals surface area contributed by atoms with Crippen molar-refractivity contribution in [2.75, 3.05) is 30.8 Å². The average molecular weight is 510 g/mol. The Kier molecular flexibility index (Phi) is 8.94. The Bertz CT molecular complexity index is 1130. The first-order valence-electron chi connectivity index (χ1n) is 11.3. The van der Waals surface area contributed by atoms with Gasteiger partial charge in [0.25, 0.3) is 0 Å². The smallest absolute Gasteiger partial charge is 0.239 e. The second-order valence-corrected chi connectivity index (χ2v) is 10.8. The highest BCUT2D eigenvalue weighted by molar-refractivity contribution is 7.92. The molecule has 9 nitrogen and oxygen atoms in total. The fourth-order valence-electron chi connectivity index (χ4n) is 3.62. The van der Waals surface area contributed by atoms with E-state index in [0.717, 1.165) is 10.6 Å². The van der Waals surface area contributed by atoms with Gasteiger partial charge in [-0.15, -0.1) is 0 Å². The highest BCUT2D eigenvalue weighted by Gasteiger charge is 2.23. The molecule has 1 aromatic carbocycles. The van der Waals surface area contributed by atoms with Gasteiger partial charge < -0.3 is 19.7 Å². The topological polar surface area (TPSA) is 122 Å². The van der Waals surface area contributed by atoms with Crippen LogP contribution in [-0.4, -0.2) is 73.6 Å². The molecule has 1 fully saturated rings. The third-order valence-corrected chi connectivity index (χ3v) is 6.72. The van der Waals surface area contributed by atoms with Crippen molar-refractivity contribution in [3.05, 3.63) is 47.4 Å². The van der Waals surface area contributed by atoms with Gasteiger partial charge in [0.1, 0.15) is 5.82 Å². The van der Waals surface area contributed by atoms with Crippen molar-refractivity contribution in [2.24, 2.45) is 0 Å². The van der Waals surface area contributed by atoms with E-state index in [2.05, 4.69) is 9.97 Å². The van der Waals surface area contributed by atoms with Crippen LogP contribution in [0.25, 0.3) is 17.3 Å². The molecule has 11 heteroatoms. The quantitative estimate of drug-likeness (QED) is 0.501. The highest BCUT2D eigenvalue weighted by atomic mass is 32.2. The van der Waals surface area contributed by atoms with E-state index in [-0.39, 0.29) is 24.7 Å². The maximum Gasteiger partial charge on any atom is 0.239 e. The lowest BCUT2D eigenvalue weighted by molar-refractivity contribution is -0.0742. The normalized spacial score (nSPS) is 16.8. The molecule has 0 saturated carbocycles. The van der Waals surface area contributed by atoms with Gasteiger partial charge in [-0.2, -0.15) is 0 Å². The summed E-state index contributed by atoms with van der Waals surface area (Å²) in [5, 5.41) is 20.8. The SMILES string of the molecule is CC(C)c1nc(N(C)S(C)(=O)=O)nc(-c2ccc(F)cc2)c1/C=C/C(O)CC(O)CC1OCCO1. The molecule has 1 aliphatic heterocycles. The molecular formula is C24H32FN3O6S. The van der Waals surface area contributed by atoms with Crippen LogP contribution in [-0.2, 0) is 19.5 Å². The van der Waals surface area contributed by atoms with Gasteiger partial charge in [-0.1, -0.05) is 26.0 Å². The molecule has 0 radical (unpaired) electrons. The first-order chi connectivity index (χ1) is 16.5. The molecule has 2 unspecified atom stereocenters. The lowest BCUT2D eigenvalue weighted by Gasteiger charge is -2.20. The summed E-state index contributed by atoms with van der Waals surface area (Å²) in [6, 6.07) is 5.67. The van der Waals surface area contributed by atoms with Crippen LogP contribution in [0.15, 0.2) is 30.3 Å². The zero-order valence-electron chi connectivity index (χ0n) is 20.3. The van der Waals surface area contributed by atoms with Crippen molar-refractivity contribution >= 4 is 22.0 Å². The number of aliphatic hydroxyl groups excluding tert-OH is 2. The maximum atomic E-state index is 13.6. The molecule has 3 rings (SSSR count). The van der Waals surface area contributed by atoms with E-state index in [4.69, 9.17) is 9.47 Å². The van der Waals surface area contributed by atoms with Crippen molar-refractivity contribution in [1.82, 2.24) is 9.97 Å². The number of anilines is 1. The number of ether oxygens (including phenoxy) is 2. The van der Waals surface area contributed by atoms with E-state index >= 15 is 0 Å². The summed E-state index contributed by atoms with van der Waals surface area (Å²) < 4.78 is 49.5. The lowest BCUT2D eigenvalue weighted by Crippen LogP contribution is -2.27. The molecule has 0 bridgehead atoms. The van der Waals surface area contributed by atoms with Crippen LogP contribution in [0.2, 0.25) is 0 Å². The van der Waals surface area contributed by atoms with Crippen LogP contribution in [0, 0.1) is 5.82 Å². The molecule has 192 valence electrons. The second kappa shape index (κ2) is 11.5. The number of halogens is 1. The van der Waals surface area contributed by atoms with Crippen molar-refractivity contribution in [1.29, 1.82) is 0 Å². The third-order valence-electron chi connectivity index (χ3n) is 5.56. The van der Waals surface area contributed by atoms with Crippen molar-refractivity contribution < 1.29 is 32.5 Å². The Hall–Kier alpha value is -2.44. The molecular weight excluding hydrogens is 477 g/mol. The number of rotatable bonds is 10. The Morgan fingerprint density at radius 1 is 1.17 bits per heavy atom. The van der Waals surface area contributed by atoms with Gasteiger partial charge in [0, 0.05) is 31.0 Å². The molecule has 1 aliphatic rings. The summed E-state index contributed by atoms with van der Waals surface area (Å²) in [6.45, 7) is 4.77. The fraction of sp³-hybridized carbons (Fsp3) is 0.500. The van der Waals surface area contributed by atoms with Crippen molar-refractivity contribution in [3.8, 4) is 11.3 Å². The van der Waals surface area contributed by atoms with E-state index in [1.807, 2.05) is 13.8 Å². The van der Waals surface area contributed by atoms with Gasteiger partial charge in [-0.05, 0) is 30.2 Å². The van der Waals surface area contributed by atoms with Gasteiger partial charge >= 0.3 is 0 Å². The lowest BCUT2D eigenvalue weighted by atomic mass is 9.97. The Labute approximate surface area is 205 Å². The van der Waals surface area contributed by atoms with Gasteiger partial charge in [-0.3, -0.25) is 0 Å². The molecule has 1 aromatic heterocycles. The van der Waals surface area contributed by atoms with Crippen LogP contribution in [0.3, 0.4) is 0 Å². The number of hydrogen-bond donors (Lipinski definition) is 2. The minimum Gasteiger partial charge on any atom is -0.393 e. The molecule has 2 N–H and O–H groups in total. The molecule has 2 heterocycles. The van der Waals surface area contributed by atoms with Crippen molar-refractivity contribution in [3.63, 3.8) is 0 Å². The first-order valence-corrected chi connectivity index (χ1v) is 13.2. The van der Waals surface area contributed by atoms with Crippen LogP contribution in [0.4, 0.5) is 10.3 Å². The van der Waals surface area contributed by atoms with Gasteiger partial charge in [0.15, 0.2) is 6.29 Å². The largest absolute Gasteiger partial charge is 0.393 e. The summed E-state index contributed by atoms with van der Waals surface area (Å²) in [6.07, 6.45) is 2.25. The first kappa shape index (κ1) is 27.2. The summed E-state index contributed by atoms with van der Waals surface area (Å²) in [5.74, 6) is -0.555. The summed E-state index contributed by atoms with van der Waals surface area (Å²) >= 11 is 0. The molecule has 2 atom stereocenters.